The number of methoxy groups -OCH3 is 1. The summed E-state index contributed by atoms with van der Waals surface area (Å²) >= 11 is 0. The van der Waals surface area contributed by atoms with Gasteiger partial charge in [0.15, 0.2) is 5.69 Å². The number of anilines is 2. The molecule has 0 spiro atoms. The fraction of sp³-hybridized carbons (Fsp3) is 0.267. The summed E-state index contributed by atoms with van der Waals surface area (Å²) in [6.45, 7) is 1.22. The van der Waals surface area contributed by atoms with E-state index < -0.39 is 0 Å². The number of hydrogen-bond donors (Lipinski definition) is 1. The number of amides is 1. The predicted octanol–water partition coefficient (Wildman–Crippen LogP) is 1.81. The molecule has 0 aliphatic carbocycles. The van der Waals surface area contributed by atoms with Crippen molar-refractivity contribution in [3.8, 4) is 0 Å². The number of carbonyl (C=O) groups excluding carboxylic acids is 1. The van der Waals surface area contributed by atoms with Crippen LogP contribution in [-0.4, -0.2) is 43.4 Å². The highest BCUT2D eigenvalue weighted by molar-refractivity contribution is 6.04. The van der Waals surface area contributed by atoms with Crippen LogP contribution in [0.5, 0.6) is 0 Å². The van der Waals surface area contributed by atoms with Crippen LogP contribution in [0.1, 0.15) is 10.5 Å². The second-order valence-corrected chi connectivity index (χ2v) is 4.42. The molecule has 1 aromatic heterocycles. The van der Waals surface area contributed by atoms with Crippen LogP contribution >= 0.6 is 0 Å². The van der Waals surface area contributed by atoms with E-state index >= 15 is 0 Å². The Hall–Kier alpha value is -2.47. The van der Waals surface area contributed by atoms with Gasteiger partial charge in [-0.05, 0) is 24.3 Å². The van der Waals surface area contributed by atoms with Crippen molar-refractivity contribution in [2.75, 3.05) is 37.5 Å². The van der Waals surface area contributed by atoms with Crippen LogP contribution in [0.25, 0.3) is 0 Å². The van der Waals surface area contributed by atoms with Crippen LogP contribution in [0.15, 0.2) is 42.5 Å². The molecule has 1 aromatic carbocycles. The van der Waals surface area contributed by atoms with Crippen molar-refractivity contribution in [2.24, 2.45) is 0 Å². The summed E-state index contributed by atoms with van der Waals surface area (Å²) in [6.07, 6.45) is 0. The molecule has 0 radical (unpaired) electrons. The molecule has 0 atom stereocenters. The molecule has 1 heterocycles. The van der Waals surface area contributed by atoms with E-state index in [0.717, 1.165) is 5.69 Å². The Morgan fingerprint density at radius 3 is 2.57 bits per heavy atom. The Morgan fingerprint density at radius 2 is 1.95 bits per heavy atom. The molecule has 6 nitrogen and oxygen atoms in total. The molecule has 21 heavy (non-hydrogen) atoms. The van der Waals surface area contributed by atoms with Crippen molar-refractivity contribution < 1.29 is 9.53 Å². The number of nitrogens with one attached hydrogen (secondary N) is 1. The number of carbonyl (C=O) groups is 1. The first-order valence-corrected chi connectivity index (χ1v) is 6.62. The van der Waals surface area contributed by atoms with Gasteiger partial charge in [0.25, 0.3) is 5.91 Å². The predicted molar refractivity (Wildman–Crippen MR) is 81.6 cm³/mol. The number of rotatable bonds is 6. The first-order chi connectivity index (χ1) is 10.2. The number of para-hydroxylation sites is 1. The highest BCUT2D eigenvalue weighted by atomic mass is 16.5. The quantitative estimate of drug-likeness (QED) is 0.820. The van der Waals surface area contributed by atoms with Crippen molar-refractivity contribution in [3.05, 3.63) is 48.2 Å². The van der Waals surface area contributed by atoms with Crippen LogP contribution in [0.2, 0.25) is 0 Å². The topological polar surface area (TPSA) is 67.3 Å². The number of benzene rings is 1. The standard InChI is InChI=1S/C15H18N4O2/c1-19(12-6-4-3-5-7-12)15(20)13-8-9-14(18-17-13)16-10-11-21-2/h3-9H,10-11H2,1-2H3,(H,16,18). The molecule has 2 aromatic rings. The Kier molecular flexibility index (Phi) is 5.22. The second kappa shape index (κ2) is 7.35. The highest BCUT2D eigenvalue weighted by Gasteiger charge is 2.15. The molecule has 0 unspecified atom stereocenters. The third-order valence-electron chi connectivity index (χ3n) is 2.94. The lowest BCUT2D eigenvalue weighted by Gasteiger charge is -2.16. The number of ether oxygens (including phenoxy) is 1. The van der Waals surface area contributed by atoms with Gasteiger partial charge >= 0.3 is 0 Å². The normalized spacial score (nSPS) is 10.2. The molecule has 0 aliphatic rings. The molecule has 1 N–H and O–H groups in total. The van der Waals surface area contributed by atoms with Crippen molar-refractivity contribution in [3.63, 3.8) is 0 Å². The lowest BCUT2D eigenvalue weighted by Crippen LogP contribution is -2.27. The summed E-state index contributed by atoms with van der Waals surface area (Å²) in [4.78, 5) is 13.8. The van der Waals surface area contributed by atoms with E-state index in [4.69, 9.17) is 4.74 Å². The van der Waals surface area contributed by atoms with Gasteiger partial charge in [0.1, 0.15) is 5.82 Å². The largest absolute Gasteiger partial charge is 0.383 e. The van der Waals surface area contributed by atoms with E-state index in [1.807, 2.05) is 30.3 Å². The SMILES string of the molecule is COCCNc1ccc(C(=O)N(C)c2ccccc2)nn1. The summed E-state index contributed by atoms with van der Waals surface area (Å²) in [6, 6.07) is 12.8. The summed E-state index contributed by atoms with van der Waals surface area (Å²) in [7, 11) is 3.35. The fourth-order valence-corrected chi connectivity index (χ4v) is 1.76. The minimum absolute atomic E-state index is 0.197. The summed E-state index contributed by atoms with van der Waals surface area (Å²) in [5, 5.41) is 11.0. The molecule has 0 saturated carbocycles. The van der Waals surface area contributed by atoms with Gasteiger partial charge in [-0.3, -0.25) is 4.79 Å². The summed E-state index contributed by atoms with van der Waals surface area (Å²) < 4.78 is 4.93. The van der Waals surface area contributed by atoms with Crippen molar-refractivity contribution in [2.45, 2.75) is 0 Å². The first kappa shape index (κ1) is 14.9. The molecule has 0 fully saturated rings. The maximum absolute atomic E-state index is 12.3. The molecular weight excluding hydrogens is 268 g/mol. The summed E-state index contributed by atoms with van der Waals surface area (Å²) in [5.74, 6) is 0.420. The zero-order valence-electron chi connectivity index (χ0n) is 12.1. The Morgan fingerprint density at radius 1 is 1.19 bits per heavy atom. The van der Waals surface area contributed by atoms with Gasteiger partial charge in [0.2, 0.25) is 0 Å². The van der Waals surface area contributed by atoms with Gasteiger partial charge < -0.3 is 15.0 Å². The lowest BCUT2D eigenvalue weighted by atomic mass is 10.2. The summed E-state index contributed by atoms with van der Waals surface area (Å²) in [5.41, 5.74) is 1.12. The van der Waals surface area contributed by atoms with Crippen LogP contribution in [0.3, 0.4) is 0 Å². The van der Waals surface area contributed by atoms with E-state index in [0.29, 0.717) is 24.7 Å². The van der Waals surface area contributed by atoms with Crippen molar-refractivity contribution in [1.29, 1.82) is 0 Å². The van der Waals surface area contributed by atoms with E-state index in [1.54, 1.807) is 31.2 Å². The molecule has 0 bridgehead atoms. The molecular formula is C15H18N4O2. The van der Waals surface area contributed by atoms with Crippen LogP contribution in [0, 0.1) is 0 Å². The molecule has 0 aliphatic heterocycles. The molecule has 1 amide bonds. The first-order valence-electron chi connectivity index (χ1n) is 6.62. The average Bonchev–Trinajstić information content (AvgIpc) is 2.55. The molecule has 0 saturated heterocycles. The van der Waals surface area contributed by atoms with E-state index in [2.05, 4.69) is 15.5 Å². The van der Waals surface area contributed by atoms with Gasteiger partial charge in [-0.1, -0.05) is 18.2 Å². The minimum Gasteiger partial charge on any atom is -0.383 e. The molecule has 6 heteroatoms. The van der Waals surface area contributed by atoms with Gasteiger partial charge in [-0.15, -0.1) is 10.2 Å². The molecule has 110 valence electrons. The van der Waals surface area contributed by atoms with Gasteiger partial charge in [0, 0.05) is 26.4 Å². The van der Waals surface area contributed by atoms with Crippen LogP contribution < -0.4 is 10.2 Å². The Bertz CT molecular complexity index is 572. The Balaban J connectivity index is 2.03. The third-order valence-corrected chi connectivity index (χ3v) is 2.94. The van der Waals surface area contributed by atoms with Crippen LogP contribution in [0.4, 0.5) is 11.5 Å². The van der Waals surface area contributed by atoms with Gasteiger partial charge in [-0.2, -0.15) is 0 Å². The van der Waals surface area contributed by atoms with Crippen molar-refractivity contribution in [1.82, 2.24) is 10.2 Å². The maximum atomic E-state index is 12.3. The average molecular weight is 286 g/mol. The lowest BCUT2D eigenvalue weighted by molar-refractivity contribution is 0.0987. The molecule has 2 rings (SSSR count). The number of aromatic nitrogens is 2. The van der Waals surface area contributed by atoms with E-state index in [-0.39, 0.29) is 5.91 Å². The third kappa shape index (κ3) is 4.00. The van der Waals surface area contributed by atoms with Crippen molar-refractivity contribution >= 4 is 17.4 Å². The maximum Gasteiger partial charge on any atom is 0.278 e. The smallest absolute Gasteiger partial charge is 0.278 e. The van der Waals surface area contributed by atoms with Gasteiger partial charge in [-0.25, -0.2) is 0 Å². The number of nitrogens with zero attached hydrogens (tertiary/aromatic N) is 3. The number of hydrogen-bond acceptors (Lipinski definition) is 5. The zero-order chi connectivity index (χ0) is 15.1. The van der Waals surface area contributed by atoms with E-state index in [1.165, 1.54) is 0 Å². The van der Waals surface area contributed by atoms with Gasteiger partial charge in [0.05, 0.1) is 6.61 Å². The minimum atomic E-state index is -0.197. The Labute approximate surface area is 123 Å². The van der Waals surface area contributed by atoms with Crippen LogP contribution in [-0.2, 0) is 4.74 Å². The van der Waals surface area contributed by atoms with E-state index in [9.17, 15) is 4.79 Å². The highest BCUT2D eigenvalue weighted by Crippen LogP contribution is 2.14. The zero-order valence-corrected chi connectivity index (χ0v) is 12.1. The second-order valence-electron chi connectivity index (χ2n) is 4.42. The fourth-order valence-electron chi connectivity index (χ4n) is 1.76. The monoisotopic (exact) mass is 286 g/mol.